The number of likely N-dealkylation sites (tertiary alicyclic amines) is 1. The minimum atomic E-state index is -0.149. The largest absolute Gasteiger partial charge is 0.335 e. The first-order valence-electron chi connectivity index (χ1n) is 6.65. The lowest BCUT2D eigenvalue weighted by Gasteiger charge is -2.39. The molecule has 3 rings (SSSR count). The fraction of sp³-hybridized carbons (Fsp3) is 0.400. The number of aromatic nitrogens is 2. The zero-order valence-electron chi connectivity index (χ0n) is 11.1. The second-order valence-corrected chi connectivity index (χ2v) is 5.32. The van der Waals surface area contributed by atoms with E-state index in [1.807, 2.05) is 25.4 Å². The Morgan fingerprint density at radius 3 is 2.89 bits per heavy atom. The number of imidazole rings is 1. The van der Waals surface area contributed by atoms with Crippen molar-refractivity contribution in [3.05, 3.63) is 53.9 Å². The molecule has 4 heteroatoms. The molecule has 1 aliphatic rings. The third kappa shape index (κ3) is 2.84. The maximum atomic E-state index is 13.1. The average molecular weight is 259 g/mol. The molecule has 1 aliphatic heterocycles. The summed E-state index contributed by atoms with van der Waals surface area (Å²) in [5.41, 5.74) is 1.05. The van der Waals surface area contributed by atoms with Gasteiger partial charge in [0.25, 0.3) is 0 Å². The Kier molecular flexibility index (Phi) is 3.34. The lowest BCUT2D eigenvalue weighted by atomic mass is 9.99. The Labute approximate surface area is 112 Å². The van der Waals surface area contributed by atoms with Crippen LogP contribution < -0.4 is 0 Å². The van der Waals surface area contributed by atoms with Gasteiger partial charge in [-0.05, 0) is 24.6 Å². The monoisotopic (exact) mass is 259 g/mol. The number of hydrogen-bond donors (Lipinski definition) is 0. The zero-order valence-corrected chi connectivity index (χ0v) is 11.1. The molecule has 1 aromatic heterocycles. The third-order valence-electron chi connectivity index (χ3n) is 3.71. The van der Waals surface area contributed by atoms with E-state index in [-0.39, 0.29) is 5.82 Å². The van der Waals surface area contributed by atoms with Gasteiger partial charge in [-0.2, -0.15) is 0 Å². The molecule has 19 heavy (non-hydrogen) atoms. The Bertz CT molecular complexity index is 558. The van der Waals surface area contributed by atoms with Crippen molar-refractivity contribution in [2.45, 2.75) is 20.0 Å². The normalized spacial score (nSPS) is 16.5. The van der Waals surface area contributed by atoms with Gasteiger partial charge in [0.05, 0.1) is 0 Å². The molecular formula is C15H18FN3. The van der Waals surface area contributed by atoms with Crippen molar-refractivity contribution in [1.29, 1.82) is 0 Å². The molecule has 0 aliphatic carbocycles. The highest BCUT2D eigenvalue weighted by atomic mass is 19.1. The van der Waals surface area contributed by atoms with Crippen LogP contribution >= 0.6 is 0 Å². The molecule has 0 amide bonds. The van der Waals surface area contributed by atoms with E-state index in [4.69, 9.17) is 0 Å². The quantitative estimate of drug-likeness (QED) is 0.841. The molecule has 0 radical (unpaired) electrons. The van der Waals surface area contributed by atoms with Crippen molar-refractivity contribution in [3.63, 3.8) is 0 Å². The highest BCUT2D eigenvalue weighted by molar-refractivity contribution is 5.16. The number of hydrogen-bond acceptors (Lipinski definition) is 2. The van der Waals surface area contributed by atoms with Crippen molar-refractivity contribution in [2.24, 2.45) is 5.92 Å². The summed E-state index contributed by atoms with van der Waals surface area (Å²) in [4.78, 5) is 6.59. The summed E-state index contributed by atoms with van der Waals surface area (Å²) in [5.74, 6) is 1.61. The van der Waals surface area contributed by atoms with Gasteiger partial charge in [-0.3, -0.25) is 4.90 Å². The molecule has 1 fully saturated rings. The van der Waals surface area contributed by atoms with Crippen molar-refractivity contribution in [2.75, 3.05) is 13.1 Å². The lowest BCUT2D eigenvalue weighted by molar-refractivity contribution is 0.0798. The van der Waals surface area contributed by atoms with Crippen LogP contribution in [0.4, 0.5) is 4.39 Å². The van der Waals surface area contributed by atoms with Crippen molar-refractivity contribution in [3.8, 4) is 0 Å². The van der Waals surface area contributed by atoms with Gasteiger partial charge >= 0.3 is 0 Å². The summed E-state index contributed by atoms with van der Waals surface area (Å²) in [6, 6.07) is 6.87. The van der Waals surface area contributed by atoms with Gasteiger partial charge in [0, 0.05) is 44.5 Å². The minimum Gasteiger partial charge on any atom is -0.335 e. The summed E-state index contributed by atoms with van der Waals surface area (Å²) in [7, 11) is 0. The van der Waals surface area contributed by atoms with Crippen LogP contribution in [-0.2, 0) is 13.1 Å². The molecule has 2 aromatic rings. The van der Waals surface area contributed by atoms with Gasteiger partial charge in [0.1, 0.15) is 11.6 Å². The Morgan fingerprint density at radius 2 is 2.21 bits per heavy atom. The van der Waals surface area contributed by atoms with E-state index in [1.54, 1.807) is 12.1 Å². The smallest absolute Gasteiger partial charge is 0.123 e. The predicted molar refractivity (Wildman–Crippen MR) is 72.1 cm³/mol. The summed E-state index contributed by atoms with van der Waals surface area (Å²) in [5, 5.41) is 0. The molecule has 0 spiro atoms. The summed E-state index contributed by atoms with van der Waals surface area (Å²) in [6.45, 7) is 6.06. The second-order valence-electron chi connectivity index (χ2n) is 5.32. The van der Waals surface area contributed by atoms with E-state index in [1.165, 1.54) is 6.07 Å². The topological polar surface area (TPSA) is 21.1 Å². The van der Waals surface area contributed by atoms with Crippen LogP contribution in [0.2, 0.25) is 0 Å². The van der Waals surface area contributed by atoms with Gasteiger partial charge in [-0.25, -0.2) is 9.37 Å². The highest BCUT2D eigenvalue weighted by Gasteiger charge is 2.26. The lowest BCUT2D eigenvalue weighted by Crippen LogP contribution is -2.47. The second kappa shape index (κ2) is 5.13. The maximum Gasteiger partial charge on any atom is 0.123 e. The number of nitrogens with zero attached hydrogens (tertiary/aromatic N) is 3. The Morgan fingerprint density at radius 1 is 1.37 bits per heavy atom. The van der Waals surface area contributed by atoms with E-state index in [0.29, 0.717) is 5.92 Å². The first kappa shape index (κ1) is 12.4. The number of halogens is 1. The number of aryl methyl sites for hydroxylation is 1. The molecule has 100 valence electrons. The van der Waals surface area contributed by atoms with Crippen LogP contribution in [0, 0.1) is 18.7 Å². The van der Waals surface area contributed by atoms with Gasteiger partial charge < -0.3 is 4.57 Å². The van der Waals surface area contributed by atoms with Gasteiger partial charge in [-0.15, -0.1) is 0 Å². The van der Waals surface area contributed by atoms with E-state index < -0.39 is 0 Å². The molecule has 0 N–H and O–H groups in total. The fourth-order valence-electron chi connectivity index (χ4n) is 2.69. The standard InChI is InChI=1S/C15H18FN3/c1-12-17-5-6-19(12)11-14-9-18(10-14)8-13-3-2-4-15(16)7-13/h2-7,14H,8-11H2,1H3. The average Bonchev–Trinajstić information content (AvgIpc) is 2.72. The predicted octanol–water partition coefficient (Wildman–Crippen LogP) is 2.46. The van der Waals surface area contributed by atoms with E-state index in [9.17, 15) is 4.39 Å². The molecule has 2 heterocycles. The zero-order chi connectivity index (χ0) is 13.2. The summed E-state index contributed by atoms with van der Waals surface area (Å²) in [6.07, 6.45) is 3.88. The van der Waals surface area contributed by atoms with Crippen molar-refractivity contribution < 1.29 is 4.39 Å². The molecule has 0 saturated carbocycles. The van der Waals surface area contributed by atoms with E-state index >= 15 is 0 Å². The van der Waals surface area contributed by atoms with Crippen molar-refractivity contribution in [1.82, 2.24) is 14.5 Å². The molecule has 1 saturated heterocycles. The number of benzene rings is 1. The molecule has 1 aromatic carbocycles. The first-order chi connectivity index (χ1) is 9.20. The Hall–Kier alpha value is -1.68. The van der Waals surface area contributed by atoms with E-state index in [2.05, 4.69) is 14.5 Å². The fourth-order valence-corrected chi connectivity index (χ4v) is 2.69. The first-order valence-corrected chi connectivity index (χ1v) is 6.65. The van der Waals surface area contributed by atoms with E-state index in [0.717, 1.165) is 37.6 Å². The summed E-state index contributed by atoms with van der Waals surface area (Å²) >= 11 is 0. The number of rotatable bonds is 4. The van der Waals surface area contributed by atoms with Crippen LogP contribution in [0.1, 0.15) is 11.4 Å². The Balaban J connectivity index is 1.49. The van der Waals surface area contributed by atoms with Crippen LogP contribution in [0.5, 0.6) is 0 Å². The molecule has 0 bridgehead atoms. The maximum absolute atomic E-state index is 13.1. The summed E-state index contributed by atoms with van der Waals surface area (Å²) < 4.78 is 15.3. The van der Waals surface area contributed by atoms with Gasteiger partial charge in [-0.1, -0.05) is 12.1 Å². The third-order valence-corrected chi connectivity index (χ3v) is 3.71. The van der Waals surface area contributed by atoms with Crippen LogP contribution in [0.25, 0.3) is 0 Å². The van der Waals surface area contributed by atoms with Crippen LogP contribution in [0.15, 0.2) is 36.7 Å². The highest BCUT2D eigenvalue weighted by Crippen LogP contribution is 2.21. The molecular weight excluding hydrogens is 241 g/mol. The molecule has 0 atom stereocenters. The van der Waals surface area contributed by atoms with Crippen molar-refractivity contribution >= 4 is 0 Å². The van der Waals surface area contributed by atoms with Gasteiger partial charge in [0.2, 0.25) is 0 Å². The minimum absolute atomic E-state index is 0.149. The molecule has 3 nitrogen and oxygen atoms in total. The van der Waals surface area contributed by atoms with Crippen LogP contribution in [-0.4, -0.2) is 27.5 Å². The van der Waals surface area contributed by atoms with Crippen LogP contribution in [0.3, 0.4) is 0 Å². The SMILES string of the molecule is Cc1nccn1CC1CN(Cc2cccc(F)c2)C1. The van der Waals surface area contributed by atoms with Gasteiger partial charge in [0.15, 0.2) is 0 Å². The molecule has 0 unspecified atom stereocenters.